The summed E-state index contributed by atoms with van der Waals surface area (Å²) in [6, 6.07) is 0. The quantitative estimate of drug-likeness (QED) is 0.779. The Morgan fingerprint density at radius 3 is 2.88 bits per heavy atom. The van der Waals surface area contributed by atoms with Crippen LogP contribution in [0.15, 0.2) is 0 Å². The standard InChI is InChI=1S/C9H17ClN2O4S/c1-2-16-9(13)11-17(14,15)12-5-3-4-8(6-10)7-12/h8H,2-7H2,1H3,(H,11,13). The van der Waals surface area contributed by atoms with Crippen LogP contribution in [0.5, 0.6) is 0 Å². The zero-order valence-electron chi connectivity index (χ0n) is 9.69. The van der Waals surface area contributed by atoms with Gasteiger partial charge in [0.2, 0.25) is 0 Å². The number of alkyl halides is 1. The van der Waals surface area contributed by atoms with E-state index in [4.69, 9.17) is 11.6 Å². The third kappa shape index (κ3) is 4.33. The van der Waals surface area contributed by atoms with Gasteiger partial charge < -0.3 is 4.74 Å². The molecule has 0 saturated carbocycles. The first kappa shape index (κ1) is 14.5. The highest BCUT2D eigenvalue weighted by Crippen LogP contribution is 2.19. The third-order valence-electron chi connectivity index (χ3n) is 2.53. The van der Waals surface area contributed by atoms with Crippen molar-refractivity contribution in [3.63, 3.8) is 0 Å². The molecule has 100 valence electrons. The average Bonchev–Trinajstić information content (AvgIpc) is 2.28. The number of hydrogen-bond donors (Lipinski definition) is 1. The van der Waals surface area contributed by atoms with Gasteiger partial charge in [-0.25, -0.2) is 9.52 Å². The highest BCUT2D eigenvalue weighted by atomic mass is 35.5. The number of hydrogen-bond acceptors (Lipinski definition) is 4. The maximum absolute atomic E-state index is 11.8. The second-order valence-corrected chi connectivity index (χ2v) is 5.83. The molecule has 1 amide bonds. The van der Waals surface area contributed by atoms with Gasteiger partial charge in [-0.3, -0.25) is 0 Å². The lowest BCUT2D eigenvalue weighted by Gasteiger charge is -2.30. The molecule has 0 aromatic heterocycles. The van der Waals surface area contributed by atoms with Crippen LogP contribution in [0.4, 0.5) is 4.79 Å². The number of rotatable bonds is 4. The van der Waals surface area contributed by atoms with Crippen molar-refractivity contribution in [2.45, 2.75) is 19.8 Å². The fraction of sp³-hybridized carbons (Fsp3) is 0.889. The number of nitrogens with one attached hydrogen (secondary N) is 1. The molecule has 0 aromatic rings. The molecule has 0 aliphatic carbocycles. The number of ether oxygens (including phenoxy) is 1. The Balaban J connectivity index is 2.60. The van der Waals surface area contributed by atoms with Crippen LogP contribution in [-0.4, -0.2) is 44.4 Å². The average molecular weight is 285 g/mol. The number of nitrogens with zero attached hydrogens (tertiary/aromatic N) is 1. The van der Waals surface area contributed by atoms with Gasteiger partial charge in [0.1, 0.15) is 0 Å². The fourth-order valence-corrected chi connectivity index (χ4v) is 3.13. The Morgan fingerprint density at radius 2 is 2.29 bits per heavy atom. The molecule has 0 radical (unpaired) electrons. The van der Waals surface area contributed by atoms with Gasteiger partial charge in [0.15, 0.2) is 0 Å². The minimum Gasteiger partial charge on any atom is -0.449 e. The third-order valence-corrected chi connectivity index (χ3v) is 4.40. The SMILES string of the molecule is CCOC(=O)NS(=O)(=O)N1CCCC(CCl)C1. The van der Waals surface area contributed by atoms with E-state index < -0.39 is 16.3 Å². The molecule has 1 unspecified atom stereocenters. The summed E-state index contributed by atoms with van der Waals surface area (Å²) in [4.78, 5) is 11.1. The van der Waals surface area contributed by atoms with Crippen molar-refractivity contribution in [2.75, 3.05) is 25.6 Å². The molecular weight excluding hydrogens is 268 g/mol. The molecule has 1 N–H and O–H groups in total. The lowest BCUT2D eigenvalue weighted by molar-refractivity contribution is 0.157. The molecule has 1 heterocycles. The Hall–Kier alpha value is -0.530. The van der Waals surface area contributed by atoms with E-state index in [0.29, 0.717) is 19.0 Å². The van der Waals surface area contributed by atoms with E-state index in [1.165, 1.54) is 4.31 Å². The van der Waals surface area contributed by atoms with Crippen LogP contribution in [0.2, 0.25) is 0 Å². The lowest BCUT2D eigenvalue weighted by atomic mass is 10.0. The van der Waals surface area contributed by atoms with E-state index in [9.17, 15) is 13.2 Å². The van der Waals surface area contributed by atoms with E-state index in [0.717, 1.165) is 12.8 Å². The normalized spacial score (nSPS) is 22.1. The molecule has 1 atom stereocenters. The second kappa shape index (κ2) is 6.42. The van der Waals surface area contributed by atoms with Crippen molar-refractivity contribution in [2.24, 2.45) is 5.92 Å². The smallest absolute Gasteiger partial charge is 0.421 e. The number of halogens is 1. The summed E-state index contributed by atoms with van der Waals surface area (Å²) >= 11 is 5.72. The van der Waals surface area contributed by atoms with Gasteiger partial charge in [0.05, 0.1) is 6.61 Å². The summed E-state index contributed by atoms with van der Waals surface area (Å²) in [6.07, 6.45) is 0.719. The van der Waals surface area contributed by atoms with Crippen LogP contribution in [0.25, 0.3) is 0 Å². The van der Waals surface area contributed by atoms with Crippen molar-refractivity contribution in [3.8, 4) is 0 Å². The first-order valence-electron chi connectivity index (χ1n) is 5.50. The molecule has 1 fully saturated rings. The van der Waals surface area contributed by atoms with Gasteiger partial charge in [0.25, 0.3) is 0 Å². The van der Waals surface area contributed by atoms with E-state index in [-0.39, 0.29) is 12.5 Å². The maximum atomic E-state index is 11.8. The Kier molecular flexibility index (Phi) is 5.48. The first-order valence-corrected chi connectivity index (χ1v) is 7.47. The Morgan fingerprint density at radius 1 is 1.59 bits per heavy atom. The number of piperidine rings is 1. The summed E-state index contributed by atoms with van der Waals surface area (Å²) in [6.45, 7) is 2.49. The van der Waals surface area contributed by atoms with Gasteiger partial charge in [-0.2, -0.15) is 12.7 Å². The number of carbonyl (C=O) groups excluding carboxylic acids is 1. The van der Waals surface area contributed by atoms with Crippen LogP contribution in [0.1, 0.15) is 19.8 Å². The van der Waals surface area contributed by atoms with Crippen molar-refractivity contribution >= 4 is 27.9 Å². The highest BCUT2D eigenvalue weighted by molar-refractivity contribution is 7.87. The van der Waals surface area contributed by atoms with Gasteiger partial charge in [-0.05, 0) is 25.7 Å². The summed E-state index contributed by atoms with van der Waals surface area (Å²) in [5.74, 6) is 0.565. The molecule has 0 bridgehead atoms. The highest BCUT2D eigenvalue weighted by Gasteiger charge is 2.30. The zero-order chi connectivity index (χ0) is 12.9. The Bertz CT molecular complexity index is 360. The van der Waals surface area contributed by atoms with Crippen molar-refractivity contribution in [1.82, 2.24) is 9.03 Å². The molecule has 6 nitrogen and oxygen atoms in total. The van der Waals surface area contributed by atoms with Gasteiger partial charge in [-0.15, -0.1) is 11.6 Å². The number of carbonyl (C=O) groups is 1. The predicted molar refractivity (Wildman–Crippen MR) is 64.1 cm³/mol. The summed E-state index contributed by atoms with van der Waals surface area (Å²) in [5.41, 5.74) is 0. The predicted octanol–water partition coefficient (Wildman–Crippen LogP) is 0.928. The van der Waals surface area contributed by atoms with Crippen molar-refractivity contribution in [1.29, 1.82) is 0 Å². The molecular formula is C9H17ClN2O4S. The van der Waals surface area contributed by atoms with Crippen LogP contribution in [-0.2, 0) is 14.9 Å². The zero-order valence-corrected chi connectivity index (χ0v) is 11.3. The van der Waals surface area contributed by atoms with Crippen LogP contribution in [0.3, 0.4) is 0 Å². The Labute approximate surface area is 106 Å². The van der Waals surface area contributed by atoms with E-state index in [2.05, 4.69) is 4.74 Å². The molecule has 1 saturated heterocycles. The molecule has 1 aliphatic rings. The maximum Gasteiger partial charge on any atom is 0.421 e. The van der Waals surface area contributed by atoms with E-state index >= 15 is 0 Å². The van der Waals surface area contributed by atoms with E-state index in [1.54, 1.807) is 6.92 Å². The minimum absolute atomic E-state index is 0.131. The van der Waals surface area contributed by atoms with Gasteiger partial charge in [0, 0.05) is 19.0 Å². The van der Waals surface area contributed by atoms with Crippen molar-refractivity contribution in [3.05, 3.63) is 0 Å². The lowest BCUT2D eigenvalue weighted by Crippen LogP contribution is -2.48. The topological polar surface area (TPSA) is 75.7 Å². The van der Waals surface area contributed by atoms with Crippen molar-refractivity contribution < 1.29 is 17.9 Å². The van der Waals surface area contributed by atoms with E-state index in [1.807, 2.05) is 4.72 Å². The minimum atomic E-state index is -3.80. The second-order valence-electron chi connectivity index (χ2n) is 3.85. The summed E-state index contributed by atoms with van der Waals surface area (Å²) in [7, 11) is -3.80. The van der Waals surface area contributed by atoms with Gasteiger partial charge in [-0.1, -0.05) is 0 Å². The van der Waals surface area contributed by atoms with Gasteiger partial charge >= 0.3 is 16.3 Å². The van der Waals surface area contributed by atoms with Crippen LogP contribution < -0.4 is 4.72 Å². The summed E-state index contributed by atoms with van der Waals surface area (Å²) < 4.78 is 31.2. The summed E-state index contributed by atoms with van der Waals surface area (Å²) in [5, 5.41) is 0. The van der Waals surface area contributed by atoms with Crippen LogP contribution in [0, 0.1) is 5.92 Å². The molecule has 0 aromatic carbocycles. The molecule has 8 heteroatoms. The molecule has 1 rings (SSSR count). The molecule has 1 aliphatic heterocycles. The monoisotopic (exact) mass is 284 g/mol. The largest absolute Gasteiger partial charge is 0.449 e. The van der Waals surface area contributed by atoms with Crippen LogP contribution >= 0.6 is 11.6 Å². The first-order chi connectivity index (χ1) is 7.99. The molecule has 17 heavy (non-hydrogen) atoms. The fourth-order valence-electron chi connectivity index (χ4n) is 1.70. The molecule has 0 spiro atoms. The number of amides is 1.